The Morgan fingerprint density at radius 1 is 1.29 bits per heavy atom. The molecule has 1 N–H and O–H groups in total. The highest BCUT2D eigenvalue weighted by Crippen LogP contribution is 2.17. The van der Waals surface area contributed by atoms with Crippen molar-refractivity contribution in [2.75, 3.05) is 5.32 Å². The average molecular weight is 287 g/mol. The van der Waals surface area contributed by atoms with Crippen molar-refractivity contribution in [2.24, 2.45) is 7.05 Å². The number of carbonyl (C=O) groups excluding carboxylic acids is 2. The molecule has 1 aromatic heterocycles. The predicted molar refractivity (Wildman–Crippen MR) is 76.5 cm³/mol. The van der Waals surface area contributed by atoms with E-state index in [2.05, 4.69) is 5.32 Å². The van der Waals surface area contributed by atoms with Gasteiger partial charge in [-0.3, -0.25) is 19.7 Å². The number of aryl methyl sites for hydroxylation is 1. The minimum atomic E-state index is -0.562. The molecule has 0 aliphatic rings. The number of aromatic nitrogens is 1. The Morgan fingerprint density at radius 3 is 2.57 bits per heavy atom. The first kappa shape index (κ1) is 14.4. The number of nitrogens with one attached hydrogen (secondary N) is 1. The lowest BCUT2D eigenvalue weighted by molar-refractivity contribution is -0.384. The van der Waals surface area contributed by atoms with Crippen LogP contribution in [0.5, 0.6) is 0 Å². The van der Waals surface area contributed by atoms with Gasteiger partial charge in [-0.2, -0.15) is 0 Å². The molecule has 0 aliphatic heterocycles. The largest absolute Gasteiger partial charge is 0.340 e. The standard InChI is InChI=1S/C14H13N3O4/c1-9(18)10-4-3-5-11(6-10)15-14(19)13-7-12(17(20)21)8-16(13)2/h3-8H,1-2H3,(H,15,19). The molecule has 0 unspecified atom stereocenters. The lowest BCUT2D eigenvalue weighted by atomic mass is 10.1. The van der Waals surface area contributed by atoms with Crippen molar-refractivity contribution in [3.05, 3.63) is 57.9 Å². The number of rotatable bonds is 4. The number of nitrogens with zero attached hydrogens (tertiary/aromatic N) is 2. The van der Waals surface area contributed by atoms with Gasteiger partial charge in [-0.25, -0.2) is 0 Å². The van der Waals surface area contributed by atoms with Crippen molar-refractivity contribution >= 4 is 23.1 Å². The Morgan fingerprint density at radius 2 is 2.00 bits per heavy atom. The zero-order valence-corrected chi connectivity index (χ0v) is 11.5. The summed E-state index contributed by atoms with van der Waals surface area (Å²) in [6.07, 6.45) is 1.26. The highest BCUT2D eigenvalue weighted by molar-refractivity contribution is 6.04. The first-order chi connectivity index (χ1) is 9.88. The van der Waals surface area contributed by atoms with Crippen LogP contribution in [0.15, 0.2) is 36.5 Å². The number of hydrogen-bond acceptors (Lipinski definition) is 4. The molecule has 0 saturated heterocycles. The average Bonchev–Trinajstić information content (AvgIpc) is 2.81. The van der Waals surface area contributed by atoms with Gasteiger partial charge in [-0.1, -0.05) is 12.1 Å². The number of nitro groups is 1. The van der Waals surface area contributed by atoms with Gasteiger partial charge in [0.2, 0.25) is 0 Å². The fraction of sp³-hybridized carbons (Fsp3) is 0.143. The predicted octanol–water partition coefficient (Wildman–Crippen LogP) is 2.39. The minimum absolute atomic E-state index is 0.111. The van der Waals surface area contributed by atoms with Gasteiger partial charge in [0.25, 0.3) is 11.6 Å². The van der Waals surface area contributed by atoms with Crippen molar-refractivity contribution in [1.82, 2.24) is 4.57 Å². The van der Waals surface area contributed by atoms with Crippen LogP contribution in [0.1, 0.15) is 27.8 Å². The molecule has 2 rings (SSSR count). The quantitative estimate of drug-likeness (QED) is 0.530. The van der Waals surface area contributed by atoms with E-state index in [1.807, 2.05) is 0 Å². The van der Waals surface area contributed by atoms with Crippen molar-refractivity contribution in [1.29, 1.82) is 0 Å². The van der Waals surface area contributed by atoms with Gasteiger partial charge in [0, 0.05) is 24.4 Å². The van der Waals surface area contributed by atoms with E-state index in [1.165, 1.54) is 23.8 Å². The molecule has 1 aromatic carbocycles. The zero-order chi connectivity index (χ0) is 15.6. The van der Waals surface area contributed by atoms with Crippen LogP contribution in [0.3, 0.4) is 0 Å². The van der Waals surface area contributed by atoms with Gasteiger partial charge in [0.15, 0.2) is 5.78 Å². The molecule has 0 atom stereocenters. The molecule has 0 saturated carbocycles. The second kappa shape index (κ2) is 5.58. The van der Waals surface area contributed by atoms with Crippen molar-refractivity contribution in [2.45, 2.75) is 6.92 Å². The Balaban J connectivity index is 2.24. The molecule has 2 aromatic rings. The van der Waals surface area contributed by atoms with Crippen LogP contribution in [-0.2, 0) is 7.05 Å². The topological polar surface area (TPSA) is 94.2 Å². The summed E-state index contributed by atoms with van der Waals surface area (Å²) in [5, 5.41) is 13.3. The van der Waals surface area contributed by atoms with E-state index >= 15 is 0 Å². The van der Waals surface area contributed by atoms with Crippen LogP contribution in [0.25, 0.3) is 0 Å². The third-order valence-electron chi connectivity index (χ3n) is 2.96. The molecule has 108 valence electrons. The maximum atomic E-state index is 12.1. The monoisotopic (exact) mass is 287 g/mol. The first-order valence-corrected chi connectivity index (χ1v) is 6.11. The van der Waals surface area contributed by atoms with E-state index in [4.69, 9.17) is 0 Å². The van der Waals surface area contributed by atoms with Gasteiger partial charge in [-0.05, 0) is 19.1 Å². The highest BCUT2D eigenvalue weighted by atomic mass is 16.6. The van der Waals surface area contributed by atoms with Gasteiger partial charge < -0.3 is 9.88 Å². The summed E-state index contributed by atoms with van der Waals surface area (Å²) in [4.78, 5) is 33.5. The molecule has 0 aliphatic carbocycles. The number of amides is 1. The Labute approximate surface area is 120 Å². The summed E-state index contributed by atoms with van der Waals surface area (Å²) in [7, 11) is 1.55. The normalized spacial score (nSPS) is 10.2. The molecule has 1 amide bonds. The SMILES string of the molecule is CC(=O)c1cccc(NC(=O)c2cc([N+](=O)[O-])cn2C)c1. The smallest absolute Gasteiger partial charge is 0.287 e. The van der Waals surface area contributed by atoms with Crippen molar-refractivity contribution in [3.63, 3.8) is 0 Å². The van der Waals surface area contributed by atoms with E-state index in [1.54, 1.807) is 31.3 Å². The summed E-state index contributed by atoms with van der Waals surface area (Å²) in [5.41, 5.74) is 0.942. The second-order valence-corrected chi connectivity index (χ2v) is 4.54. The number of Topliss-reactive ketones (excluding diaryl/α,β-unsaturated/α-hetero) is 1. The third-order valence-corrected chi connectivity index (χ3v) is 2.96. The lowest BCUT2D eigenvalue weighted by Crippen LogP contribution is -2.15. The molecular formula is C14H13N3O4. The summed E-state index contributed by atoms with van der Waals surface area (Å²) < 4.78 is 1.38. The zero-order valence-electron chi connectivity index (χ0n) is 11.5. The summed E-state index contributed by atoms with van der Waals surface area (Å²) in [6.45, 7) is 1.43. The lowest BCUT2D eigenvalue weighted by Gasteiger charge is -2.06. The van der Waals surface area contributed by atoms with Gasteiger partial charge in [0.1, 0.15) is 5.69 Å². The number of carbonyl (C=O) groups is 2. The maximum Gasteiger partial charge on any atom is 0.287 e. The van der Waals surface area contributed by atoms with Gasteiger partial charge in [-0.15, -0.1) is 0 Å². The molecule has 0 spiro atoms. The molecule has 0 bridgehead atoms. The van der Waals surface area contributed by atoms with Crippen molar-refractivity contribution < 1.29 is 14.5 Å². The van der Waals surface area contributed by atoms with E-state index < -0.39 is 10.8 Å². The van der Waals surface area contributed by atoms with E-state index in [0.29, 0.717) is 11.3 Å². The molecule has 21 heavy (non-hydrogen) atoms. The van der Waals surface area contributed by atoms with E-state index in [9.17, 15) is 19.7 Å². The number of anilines is 1. The number of benzene rings is 1. The fourth-order valence-electron chi connectivity index (χ4n) is 1.88. The van der Waals surface area contributed by atoms with Crippen LogP contribution >= 0.6 is 0 Å². The van der Waals surface area contributed by atoms with E-state index in [-0.39, 0.29) is 17.2 Å². The number of ketones is 1. The van der Waals surface area contributed by atoms with E-state index in [0.717, 1.165) is 0 Å². The Hall–Kier alpha value is -2.96. The van der Waals surface area contributed by atoms with Crippen LogP contribution in [0.2, 0.25) is 0 Å². The first-order valence-electron chi connectivity index (χ1n) is 6.11. The molecule has 1 heterocycles. The Kier molecular flexibility index (Phi) is 3.84. The number of hydrogen-bond donors (Lipinski definition) is 1. The molecule has 0 radical (unpaired) electrons. The third kappa shape index (κ3) is 3.14. The van der Waals surface area contributed by atoms with Gasteiger partial charge in [0.05, 0.1) is 11.1 Å². The maximum absolute atomic E-state index is 12.1. The molecule has 7 heteroatoms. The van der Waals surface area contributed by atoms with Crippen LogP contribution in [0.4, 0.5) is 11.4 Å². The Bertz CT molecular complexity index is 734. The van der Waals surface area contributed by atoms with Gasteiger partial charge >= 0.3 is 0 Å². The second-order valence-electron chi connectivity index (χ2n) is 4.54. The minimum Gasteiger partial charge on any atom is -0.340 e. The fourth-order valence-corrected chi connectivity index (χ4v) is 1.88. The van der Waals surface area contributed by atoms with Crippen LogP contribution in [-0.4, -0.2) is 21.2 Å². The summed E-state index contributed by atoms with van der Waals surface area (Å²) >= 11 is 0. The highest BCUT2D eigenvalue weighted by Gasteiger charge is 2.17. The molecule has 0 fully saturated rings. The summed E-state index contributed by atoms with van der Waals surface area (Å²) in [6, 6.07) is 7.69. The van der Waals surface area contributed by atoms with Crippen molar-refractivity contribution in [3.8, 4) is 0 Å². The summed E-state index contributed by atoms with van der Waals surface area (Å²) in [5.74, 6) is -0.591. The van der Waals surface area contributed by atoms with Crippen LogP contribution < -0.4 is 5.32 Å². The van der Waals surface area contributed by atoms with Crippen LogP contribution in [0, 0.1) is 10.1 Å². The molecule has 7 nitrogen and oxygen atoms in total. The molecular weight excluding hydrogens is 274 g/mol.